The van der Waals surface area contributed by atoms with E-state index in [9.17, 15) is 4.79 Å². The van der Waals surface area contributed by atoms with Crippen LogP contribution >= 0.6 is 0 Å². The van der Waals surface area contributed by atoms with Gasteiger partial charge in [-0.05, 0) is 24.6 Å². The van der Waals surface area contributed by atoms with Crippen molar-refractivity contribution in [3.8, 4) is 0 Å². The van der Waals surface area contributed by atoms with Crippen molar-refractivity contribution in [2.45, 2.75) is 20.4 Å². The molecule has 1 amide bonds. The van der Waals surface area contributed by atoms with Gasteiger partial charge in [-0.15, -0.1) is 0 Å². The summed E-state index contributed by atoms with van der Waals surface area (Å²) in [6.45, 7) is 5.81. The largest absolute Gasteiger partial charge is 0.455 e. The lowest BCUT2D eigenvalue weighted by atomic mass is 10.2. The molecule has 0 aliphatic rings. The Morgan fingerprint density at radius 2 is 2.29 bits per heavy atom. The van der Waals surface area contributed by atoms with Crippen molar-refractivity contribution in [1.29, 1.82) is 0 Å². The predicted octanol–water partition coefficient (Wildman–Crippen LogP) is 1.12. The number of nitrogens with one attached hydrogen (secondary N) is 1. The quantitative estimate of drug-likeness (QED) is 0.741. The predicted molar refractivity (Wildman–Crippen MR) is 53.8 cm³/mol. The van der Waals surface area contributed by atoms with Gasteiger partial charge in [-0.25, -0.2) is 0 Å². The molecule has 1 aromatic rings. The first-order valence-electron chi connectivity index (χ1n) is 4.69. The first-order valence-corrected chi connectivity index (χ1v) is 4.69. The van der Waals surface area contributed by atoms with Gasteiger partial charge in [0.2, 0.25) is 0 Å². The molecule has 0 aromatic carbocycles. The second-order valence-electron chi connectivity index (χ2n) is 3.65. The summed E-state index contributed by atoms with van der Waals surface area (Å²) in [5, 5.41) is 3.21. The summed E-state index contributed by atoms with van der Waals surface area (Å²) < 4.78 is 5.19. The molecule has 78 valence electrons. The highest BCUT2D eigenvalue weighted by Crippen LogP contribution is 2.06. The minimum absolute atomic E-state index is 0.214. The van der Waals surface area contributed by atoms with E-state index in [-0.39, 0.29) is 5.76 Å². The summed E-state index contributed by atoms with van der Waals surface area (Å²) in [5.74, 6) is 1.02. The molecule has 0 unspecified atom stereocenters. The van der Waals surface area contributed by atoms with Crippen LogP contribution < -0.4 is 11.1 Å². The average molecular weight is 196 g/mol. The van der Waals surface area contributed by atoms with Gasteiger partial charge >= 0.3 is 0 Å². The highest BCUT2D eigenvalue weighted by molar-refractivity contribution is 5.89. The molecule has 1 heterocycles. The number of nitrogens with two attached hydrogens (primary N) is 1. The van der Waals surface area contributed by atoms with Gasteiger partial charge in [0.05, 0.1) is 6.54 Å². The zero-order valence-corrected chi connectivity index (χ0v) is 8.54. The van der Waals surface area contributed by atoms with Crippen molar-refractivity contribution in [3.63, 3.8) is 0 Å². The van der Waals surface area contributed by atoms with E-state index in [1.807, 2.05) is 0 Å². The molecule has 0 saturated heterocycles. The molecule has 0 bridgehead atoms. The van der Waals surface area contributed by atoms with Crippen LogP contribution in [0.15, 0.2) is 16.5 Å². The second kappa shape index (κ2) is 4.81. The van der Waals surface area contributed by atoms with Gasteiger partial charge in [-0.3, -0.25) is 4.79 Å². The first-order chi connectivity index (χ1) is 6.59. The molecule has 0 saturated carbocycles. The zero-order chi connectivity index (χ0) is 10.6. The van der Waals surface area contributed by atoms with Gasteiger partial charge in [-0.1, -0.05) is 13.8 Å². The Bertz CT molecular complexity index is 305. The van der Waals surface area contributed by atoms with E-state index in [0.717, 1.165) is 12.3 Å². The van der Waals surface area contributed by atoms with E-state index in [4.69, 9.17) is 10.2 Å². The fourth-order valence-electron chi connectivity index (χ4n) is 1.09. The number of carbonyl (C=O) groups excluding carboxylic acids is 1. The summed E-state index contributed by atoms with van der Waals surface area (Å²) in [6, 6.07) is 3.35. The molecule has 3 N–H and O–H groups in total. The Labute approximate surface area is 83.5 Å². The van der Waals surface area contributed by atoms with E-state index in [0.29, 0.717) is 12.5 Å². The Morgan fingerprint density at radius 3 is 2.79 bits per heavy atom. The van der Waals surface area contributed by atoms with Crippen molar-refractivity contribution >= 4 is 5.91 Å². The standard InChI is InChI=1S/C10H16N2O2/c1-7(2)5-12-6-8-3-4-9(14-8)10(11)13/h3-4,7,12H,5-6H2,1-2H3,(H2,11,13). The second-order valence-corrected chi connectivity index (χ2v) is 3.65. The molecule has 0 aliphatic heterocycles. The summed E-state index contributed by atoms with van der Waals surface area (Å²) in [7, 11) is 0. The fourth-order valence-corrected chi connectivity index (χ4v) is 1.09. The summed E-state index contributed by atoms with van der Waals surface area (Å²) in [6.07, 6.45) is 0. The van der Waals surface area contributed by atoms with Crippen LogP contribution in [0.4, 0.5) is 0 Å². The van der Waals surface area contributed by atoms with Gasteiger partial charge < -0.3 is 15.5 Å². The topological polar surface area (TPSA) is 68.3 Å². The van der Waals surface area contributed by atoms with E-state index < -0.39 is 5.91 Å². The fraction of sp³-hybridized carbons (Fsp3) is 0.500. The number of amides is 1. The number of furan rings is 1. The van der Waals surface area contributed by atoms with Crippen LogP contribution in [0.2, 0.25) is 0 Å². The zero-order valence-electron chi connectivity index (χ0n) is 8.54. The number of primary amides is 1. The molecule has 1 rings (SSSR count). The van der Waals surface area contributed by atoms with Gasteiger partial charge in [0.25, 0.3) is 5.91 Å². The minimum Gasteiger partial charge on any atom is -0.455 e. The summed E-state index contributed by atoms with van der Waals surface area (Å²) in [5.41, 5.74) is 5.05. The van der Waals surface area contributed by atoms with E-state index in [2.05, 4.69) is 19.2 Å². The van der Waals surface area contributed by atoms with E-state index in [1.165, 1.54) is 0 Å². The molecule has 4 heteroatoms. The molecule has 14 heavy (non-hydrogen) atoms. The molecule has 0 radical (unpaired) electrons. The highest BCUT2D eigenvalue weighted by Gasteiger charge is 2.06. The first kappa shape index (κ1) is 10.8. The molecule has 0 spiro atoms. The van der Waals surface area contributed by atoms with Crippen LogP contribution in [-0.4, -0.2) is 12.5 Å². The SMILES string of the molecule is CC(C)CNCc1ccc(C(N)=O)o1. The van der Waals surface area contributed by atoms with Crippen LogP contribution in [0, 0.1) is 5.92 Å². The molecular formula is C10H16N2O2. The van der Waals surface area contributed by atoms with Crippen LogP contribution in [0.25, 0.3) is 0 Å². The lowest BCUT2D eigenvalue weighted by Crippen LogP contribution is -2.18. The molecule has 0 atom stereocenters. The van der Waals surface area contributed by atoms with Crippen LogP contribution in [0.3, 0.4) is 0 Å². The Hall–Kier alpha value is -1.29. The van der Waals surface area contributed by atoms with Gasteiger partial charge in [0.1, 0.15) is 5.76 Å². The maximum absolute atomic E-state index is 10.7. The van der Waals surface area contributed by atoms with E-state index >= 15 is 0 Å². The van der Waals surface area contributed by atoms with Crippen LogP contribution in [-0.2, 0) is 6.54 Å². The summed E-state index contributed by atoms with van der Waals surface area (Å²) in [4.78, 5) is 10.7. The Morgan fingerprint density at radius 1 is 1.57 bits per heavy atom. The molecule has 0 aliphatic carbocycles. The Kier molecular flexibility index (Phi) is 3.71. The lowest BCUT2D eigenvalue weighted by molar-refractivity contribution is 0.0972. The van der Waals surface area contributed by atoms with Gasteiger partial charge in [0.15, 0.2) is 5.76 Å². The van der Waals surface area contributed by atoms with Crippen LogP contribution in [0.5, 0.6) is 0 Å². The molecule has 0 fully saturated rings. The monoisotopic (exact) mass is 196 g/mol. The van der Waals surface area contributed by atoms with Crippen molar-refractivity contribution in [1.82, 2.24) is 5.32 Å². The van der Waals surface area contributed by atoms with Gasteiger partial charge in [-0.2, -0.15) is 0 Å². The van der Waals surface area contributed by atoms with Crippen LogP contribution in [0.1, 0.15) is 30.2 Å². The van der Waals surface area contributed by atoms with E-state index in [1.54, 1.807) is 12.1 Å². The normalized spacial score (nSPS) is 10.8. The third kappa shape index (κ3) is 3.22. The van der Waals surface area contributed by atoms with Crippen molar-refractivity contribution in [3.05, 3.63) is 23.7 Å². The summed E-state index contributed by atoms with van der Waals surface area (Å²) >= 11 is 0. The number of hydrogen-bond donors (Lipinski definition) is 2. The molecule has 1 aromatic heterocycles. The van der Waals surface area contributed by atoms with Crippen molar-refractivity contribution in [2.24, 2.45) is 11.7 Å². The molecular weight excluding hydrogens is 180 g/mol. The Balaban J connectivity index is 2.40. The lowest BCUT2D eigenvalue weighted by Gasteiger charge is -2.04. The maximum Gasteiger partial charge on any atom is 0.284 e. The third-order valence-corrected chi connectivity index (χ3v) is 1.76. The van der Waals surface area contributed by atoms with Crippen molar-refractivity contribution < 1.29 is 9.21 Å². The average Bonchev–Trinajstić information content (AvgIpc) is 2.52. The van der Waals surface area contributed by atoms with Crippen molar-refractivity contribution in [2.75, 3.05) is 6.54 Å². The third-order valence-electron chi connectivity index (χ3n) is 1.76. The minimum atomic E-state index is -0.528. The number of rotatable bonds is 5. The van der Waals surface area contributed by atoms with Gasteiger partial charge in [0, 0.05) is 0 Å². The smallest absolute Gasteiger partial charge is 0.284 e. The maximum atomic E-state index is 10.7. The number of hydrogen-bond acceptors (Lipinski definition) is 3. The highest BCUT2D eigenvalue weighted by atomic mass is 16.3. The molecule has 4 nitrogen and oxygen atoms in total. The number of carbonyl (C=O) groups is 1.